The van der Waals surface area contributed by atoms with Gasteiger partial charge in [-0.15, -0.1) is 0 Å². The maximum Gasteiger partial charge on any atom is 0.293 e. The van der Waals surface area contributed by atoms with Gasteiger partial charge in [-0.2, -0.15) is 0 Å². The molecular formula is C13H12FNO3S. The van der Waals surface area contributed by atoms with E-state index in [2.05, 4.69) is 0 Å². The Morgan fingerprint density at radius 3 is 2.79 bits per heavy atom. The summed E-state index contributed by atoms with van der Waals surface area (Å²) in [6.07, 6.45) is 1.40. The number of imide groups is 1. The van der Waals surface area contributed by atoms with Crippen molar-refractivity contribution in [3.63, 3.8) is 0 Å². The highest BCUT2D eigenvalue weighted by molar-refractivity contribution is 8.18. The van der Waals surface area contributed by atoms with Gasteiger partial charge >= 0.3 is 0 Å². The predicted molar refractivity (Wildman–Crippen MR) is 71.0 cm³/mol. The van der Waals surface area contributed by atoms with Crippen LogP contribution in [0.3, 0.4) is 0 Å². The molecule has 1 aliphatic rings. The van der Waals surface area contributed by atoms with E-state index in [9.17, 15) is 14.0 Å². The maximum absolute atomic E-state index is 13.5. The number of ether oxygens (including phenoxy) is 1. The number of hydrogen-bond donors (Lipinski definition) is 0. The molecule has 1 aromatic rings. The predicted octanol–water partition coefficient (Wildman–Crippen LogP) is 2.51. The third-order valence-corrected chi connectivity index (χ3v) is 3.49. The fraction of sp³-hybridized carbons (Fsp3) is 0.231. The van der Waals surface area contributed by atoms with Crippen molar-refractivity contribution in [3.8, 4) is 0 Å². The number of thioether (sulfide) groups is 1. The van der Waals surface area contributed by atoms with Crippen LogP contribution in [0.25, 0.3) is 6.08 Å². The van der Waals surface area contributed by atoms with Gasteiger partial charge in [-0.05, 0) is 23.9 Å². The summed E-state index contributed by atoms with van der Waals surface area (Å²) >= 11 is 0.812. The summed E-state index contributed by atoms with van der Waals surface area (Å²) in [6.45, 7) is 0.487. The summed E-state index contributed by atoms with van der Waals surface area (Å²) in [5.74, 6) is -0.832. The SMILES string of the molecule is COCCN1C(=O)S/C(=C/c2ccccc2F)C1=O. The van der Waals surface area contributed by atoms with Crippen molar-refractivity contribution in [2.45, 2.75) is 0 Å². The third-order valence-electron chi connectivity index (χ3n) is 2.58. The minimum Gasteiger partial charge on any atom is -0.383 e. The first-order chi connectivity index (χ1) is 9.13. The Balaban J connectivity index is 2.21. The molecular weight excluding hydrogens is 269 g/mol. The first-order valence-corrected chi connectivity index (χ1v) is 6.44. The molecule has 4 nitrogen and oxygen atoms in total. The van der Waals surface area contributed by atoms with E-state index in [1.54, 1.807) is 18.2 Å². The number of halogens is 1. The molecule has 100 valence electrons. The van der Waals surface area contributed by atoms with Crippen LogP contribution < -0.4 is 0 Å². The second-order valence-corrected chi connectivity index (χ2v) is 4.84. The van der Waals surface area contributed by atoms with Gasteiger partial charge in [0.1, 0.15) is 5.82 Å². The maximum atomic E-state index is 13.5. The molecule has 0 aromatic heterocycles. The van der Waals surface area contributed by atoms with Gasteiger partial charge in [0.25, 0.3) is 11.1 Å². The van der Waals surface area contributed by atoms with Gasteiger partial charge in [0.05, 0.1) is 18.1 Å². The van der Waals surface area contributed by atoms with Crippen LogP contribution >= 0.6 is 11.8 Å². The quantitative estimate of drug-likeness (QED) is 0.796. The lowest BCUT2D eigenvalue weighted by molar-refractivity contribution is -0.123. The molecule has 2 rings (SSSR count). The highest BCUT2D eigenvalue weighted by Crippen LogP contribution is 2.32. The minimum atomic E-state index is -0.425. The number of hydrogen-bond acceptors (Lipinski definition) is 4. The van der Waals surface area contributed by atoms with Crippen molar-refractivity contribution in [3.05, 3.63) is 40.6 Å². The normalized spacial score (nSPS) is 17.6. The second-order valence-electron chi connectivity index (χ2n) is 3.85. The van der Waals surface area contributed by atoms with E-state index in [-0.39, 0.29) is 23.3 Å². The summed E-state index contributed by atoms with van der Waals surface area (Å²) in [7, 11) is 1.49. The van der Waals surface area contributed by atoms with E-state index in [1.807, 2.05) is 0 Å². The van der Waals surface area contributed by atoms with Gasteiger partial charge in [-0.25, -0.2) is 4.39 Å². The van der Waals surface area contributed by atoms with Gasteiger partial charge in [-0.3, -0.25) is 14.5 Å². The number of carbonyl (C=O) groups excluding carboxylic acids is 2. The van der Waals surface area contributed by atoms with Gasteiger partial charge < -0.3 is 4.74 Å². The van der Waals surface area contributed by atoms with Gasteiger partial charge in [-0.1, -0.05) is 18.2 Å². The van der Waals surface area contributed by atoms with Crippen LogP contribution in [0.5, 0.6) is 0 Å². The minimum absolute atomic E-state index is 0.204. The Morgan fingerprint density at radius 1 is 1.37 bits per heavy atom. The molecule has 0 atom stereocenters. The van der Waals surface area contributed by atoms with Gasteiger partial charge in [0.2, 0.25) is 0 Å². The lowest BCUT2D eigenvalue weighted by Gasteiger charge is -2.10. The van der Waals surface area contributed by atoms with Crippen molar-refractivity contribution in [2.75, 3.05) is 20.3 Å². The molecule has 0 N–H and O–H groups in total. The van der Waals surface area contributed by atoms with Crippen molar-refractivity contribution < 1.29 is 18.7 Å². The van der Waals surface area contributed by atoms with Crippen molar-refractivity contribution in [2.24, 2.45) is 0 Å². The first kappa shape index (κ1) is 13.8. The van der Waals surface area contributed by atoms with Crippen molar-refractivity contribution in [1.29, 1.82) is 0 Å². The zero-order chi connectivity index (χ0) is 13.8. The molecule has 2 amide bonds. The molecule has 1 aliphatic heterocycles. The van der Waals surface area contributed by atoms with Crippen LogP contribution in [-0.2, 0) is 9.53 Å². The van der Waals surface area contributed by atoms with Crippen molar-refractivity contribution in [1.82, 2.24) is 4.90 Å². The van der Waals surface area contributed by atoms with E-state index in [0.717, 1.165) is 16.7 Å². The van der Waals surface area contributed by atoms with Gasteiger partial charge in [0, 0.05) is 12.7 Å². The number of methoxy groups -OCH3 is 1. The summed E-state index contributed by atoms with van der Waals surface area (Å²) in [4.78, 5) is 25.0. The van der Waals surface area contributed by atoms with Crippen LogP contribution in [0.1, 0.15) is 5.56 Å². The Labute approximate surface area is 114 Å². The molecule has 19 heavy (non-hydrogen) atoms. The standard InChI is InChI=1S/C13H12FNO3S/c1-18-7-6-15-12(16)11(19-13(15)17)8-9-4-2-3-5-10(9)14/h2-5,8H,6-7H2,1H3/b11-8+. The number of carbonyl (C=O) groups is 2. The van der Waals surface area contributed by atoms with Gasteiger partial charge in [0.15, 0.2) is 0 Å². The molecule has 1 aromatic carbocycles. The fourth-order valence-electron chi connectivity index (χ4n) is 1.61. The Bertz CT molecular complexity index is 544. The monoisotopic (exact) mass is 281 g/mol. The molecule has 1 fully saturated rings. The Hall–Kier alpha value is -1.66. The molecule has 1 heterocycles. The average molecular weight is 281 g/mol. The topological polar surface area (TPSA) is 46.6 Å². The first-order valence-electron chi connectivity index (χ1n) is 5.62. The van der Waals surface area contributed by atoms with E-state index in [4.69, 9.17) is 4.74 Å². The molecule has 0 unspecified atom stereocenters. The zero-order valence-electron chi connectivity index (χ0n) is 10.3. The largest absolute Gasteiger partial charge is 0.383 e. The van der Waals surface area contributed by atoms with Crippen LogP contribution in [0, 0.1) is 5.82 Å². The Kier molecular flexibility index (Phi) is 4.34. The zero-order valence-corrected chi connectivity index (χ0v) is 11.1. The van der Waals surface area contributed by atoms with E-state index >= 15 is 0 Å². The molecule has 1 saturated heterocycles. The smallest absolute Gasteiger partial charge is 0.293 e. The molecule has 0 radical (unpaired) electrons. The fourth-order valence-corrected chi connectivity index (χ4v) is 2.46. The van der Waals surface area contributed by atoms with Crippen LogP contribution in [-0.4, -0.2) is 36.3 Å². The number of rotatable bonds is 4. The van der Waals surface area contributed by atoms with E-state index in [1.165, 1.54) is 19.3 Å². The van der Waals surface area contributed by atoms with E-state index < -0.39 is 11.7 Å². The van der Waals surface area contributed by atoms with Crippen LogP contribution in [0.2, 0.25) is 0 Å². The summed E-state index contributed by atoms with van der Waals surface area (Å²) < 4.78 is 18.3. The number of amides is 2. The summed E-state index contributed by atoms with van der Waals surface area (Å²) in [6, 6.07) is 6.10. The van der Waals surface area contributed by atoms with Crippen molar-refractivity contribution >= 4 is 29.0 Å². The molecule has 0 saturated carbocycles. The third kappa shape index (κ3) is 3.02. The molecule has 0 aliphatic carbocycles. The molecule has 0 spiro atoms. The second kappa shape index (κ2) is 5.99. The number of benzene rings is 1. The lowest BCUT2D eigenvalue weighted by Crippen LogP contribution is -2.31. The Morgan fingerprint density at radius 2 is 2.11 bits per heavy atom. The highest BCUT2D eigenvalue weighted by atomic mass is 32.2. The molecule has 6 heteroatoms. The van der Waals surface area contributed by atoms with Crippen LogP contribution in [0.15, 0.2) is 29.2 Å². The average Bonchev–Trinajstić information content (AvgIpc) is 2.65. The van der Waals surface area contributed by atoms with Crippen LogP contribution in [0.4, 0.5) is 9.18 Å². The molecule has 0 bridgehead atoms. The highest BCUT2D eigenvalue weighted by Gasteiger charge is 2.34. The number of nitrogens with zero attached hydrogens (tertiary/aromatic N) is 1. The summed E-state index contributed by atoms with van der Waals surface area (Å²) in [5, 5.41) is -0.357. The summed E-state index contributed by atoms with van der Waals surface area (Å²) in [5.41, 5.74) is 0.291. The van der Waals surface area contributed by atoms with E-state index in [0.29, 0.717) is 5.56 Å². The lowest BCUT2D eigenvalue weighted by atomic mass is 10.2.